The van der Waals surface area contributed by atoms with Gasteiger partial charge in [-0.15, -0.1) is 0 Å². The van der Waals surface area contributed by atoms with E-state index in [1.807, 2.05) is 18.2 Å². The van der Waals surface area contributed by atoms with Crippen molar-refractivity contribution in [1.82, 2.24) is 9.88 Å². The molecule has 22 heavy (non-hydrogen) atoms. The summed E-state index contributed by atoms with van der Waals surface area (Å²) in [6, 6.07) is 12.4. The SMILES string of the molecule is COCCN(Cc1ccncc1)C(=O)c1ccc(C#N)cc1. The Bertz CT molecular complexity index is 648. The maximum absolute atomic E-state index is 12.6. The van der Waals surface area contributed by atoms with Gasteiger partial charge >= 0.3 is 0 Å². The molecular weight excluding hydrogens is 278 g/mol. The Morgan fingerprint density at radius 3 is 2.50 bits per heavy atom. The van der Waals surface area contributed by atoms with E-state index in [9.17, 15) is 4.79 Å². The van der Waals surface area contributed by atoms with Crippen LogP contribution in [0.5, 0.6) is 0 Å². The molecule has 1 aromatic carbocycles. The molecule has 0 N–H and O–H groups in total. The maximum Gasteiger partial charge on any atom is 0.254 e. The zero-order chi connectivity index (χ0) is 15.8. The van der Waals surface area contributed by atoms with Crippen LogP contribution in [0.15, 0.2) is 48.8 Å². The molecule has 1 amide bonds. The van der Waals surface area contributed by atoms with Crippen LogP contribution in [-0.4, -0.2) is 36.1 Å². The van der Waals surface area contributed by atoms with Crippen LogP contribution in [0.4, 0.5) is 0 Å². The summed E-state index contributed by atoms with van der Waals surface area (Å²) >= 11 is 0. The number of rotatable bonds is 6. The van der Waals surface area contributed by atoms with E-state index in [1.165, 1.54) is 0 Å². The van der Waals surface area contributed by atoms with Gasteiger partial charge in [0.05, 0.1) is 18.2 Å². The molecule has 0 aliphatic carbocycles. The highest BCUT2D eigenvalue weighted by Crippen LogP contribution is 2.11. The molecule has 5 heteroatoms. The Kier molecular flexibility index (Phi) is 5.64. The smallest absolute Gasteiger partial charge is 0.254 e. The summed E-state index contributed by atoms with van der Waals surface area (Å²) < 4.78 is 5.08. The highest BCUT2D eigenvalue weighted by Gasteiger charge is 2.16. The van der Waals surface area contributed by atoms with Crippen molar-refractivity contribution >= 4 is 5.91 Å². The molecule has 0 saturated heterocycles. The monoisotopic (exact) mass is 295 g/mol. The fourth-order valence-electron chi connectivity index (χ4n) is 2.03. The molecule has 1 heterocycles. The summed E-state index contributed by atoms with van der Waals surface area (Å²) in [6.45, 7) is 1.45. The van der Waals surface area contributed by atoms with Crippen molar-refractivity contribution in [3.05, 3.63) is 65.5 Å². The van der Waals surface area contributed by atoms with Crippen LogP contribution in [0.3, 0.4) is 0 Å². The Morgan fingerprint density at radius 1 is 1.23 bits per heavy atom. The molecule has 5 nitrogen and oxygen atoms in total. The van der Waals surface area contributed by atoms with Crippen molar-refractivity contribution in [3.8, 4) is 6.07 Å². The number of methoxy groups -OCH3 is 1. The number of ether oxygens (including phenoxy) is 1. The highest BCUT2D eigenvalue weighted by atomic mass is 16.5. The zero-order valence-corrected chi connectivity index (χ0v) is 12.4. The minimum absolute atomic E-state index is 0.0849. The molecule has 2 aromatic rings. The third-order valence-electron chi connectivity index (χ3n) is 3.24. The number of carbonyl (C=O) groups is 1. The van der Waals surface area contributed by atoms with Crippen LogP contribution in [0, 0.1) is 11.3 Å². The lowest BCUT2D eigenvalue weighted by Gasteiger charge is -2.22. The molecule has 0 unspecified atom stereocenters. The maximum atomic E-state index is 12.6. The first-order valence-electron chi connectivity index (χ1n) is 6.92. The molecule has 0 saturated carbocycles. The van der Waals surface area contributed by atoms with Gasteiger partial charge in [-0.25, -0.2) is 0 Å². The Hall–Kier alpha value is -2.71. The third kappa shape index (κ3) is 4.14. The van der Waals surface area contributed by atoms with Gasteiger partial charge in [0.25, 0.3) is 5.91 Å². The van der Waals surface area contributed by atoms with E-state index in [0.717, 1.165) is 5.56 Å². The number of hydrogen-bond acceptors (Lipinski definition) is 4. The molecule has 2 rings (SSSR count). The first-order valence-corrected chi connectivity index (χ1v) is 6.92. The lowest BCUT2D eigenvalue weighted by Crippen LogP contribution is -2.33. The normalized spacial score (nSPS) is 10.0. The third-order valence-corrected chi connectivity index (χ3v) is 3.24. The molecule has 0 aliphatic heterocycles. The van der Waals surface area contributed by atoms with Gasteiger partial charge in [-0.3, -0.25) is 9.78 Å². The van der Waals surface area contributed by atoms with Gasteiger partial charge in [0.1, 0.15) is 0 Å². The Labute approximate surface area is 129 Å². The van der Waals surface area contributed by atoms with Crippen molar-refractivity contribution in [2.75, 3.05) is 20.3 Å². The molecule has 112 valence electrons. The van der Waals surface area contributed by atoms with Crippen LogP contribution in [0.25, 0.3) is 0 Å². The van der Waals surface area contributed by atoms with Gasteiger partial charge in [-0.05, 0) is 42.0 Å². The predicted molar refractivity (Wildman–Crippen MR) is 82.0 cm³/mol. The Morgan fingerprint density at radius 2 is 1.91 bits per heavy atom. The van der Waals surface area contributed by atoms with Crippen LogP contribution in [-0.2, 0) is 11.3 Å². The largest absolute Gasteiger partial charge is 0.383 e. The van der Waals surface area contributed by atoms with E-state index in [2.05, 4.69) is 4.98 Å². The summed E-state index contributed by atoms with van der Waals surface area (Å²) in [5.41, 5.74) is 2.10. The number of carbonyl (C=O) groups excluding carboxylic acids is 1. The van der Waals surface area contributed by atoms with Crippen molar-refractivity contribution in [1.29, 1.82) is 5.26 Å². The number of nitrogens with zero attached hydrogens (tertiary/aromatic N) is 3. The van der Waals surface area contributed by atoms with Crippen molar-refractivity contribution in [2.45, 2.75) is 6.54 Å². The summed E-state index contributed by atoms with van der Waals surface area (Å²) in [5.74, 6) is -0.0849. The van der Waals surface area contributed by atoms with E-state index in [4.69, 9.17) is 10.00 Å². The van der Waals surface area contributed by atoms with E-state index >= 15 is 0 Å². The lowest BCUT2D eigenvalue weighted by atomic mass is 10.1. The van der Waals surface area contributed by atoms with Crippen LogP contribution in [0.1, 0.15) is 21.5 Å². The summed E-state index contributed by atoms with van der Waals surface area (Å²) in [6.07, 6.45) is 3.41. The molecule has 0 spiro atoms. The van der Waals surface area contributed by atoms with Crippen LogP contribution in [0.2, 0.25) is 0 Å². The Balaban J connectivity index is 2.16. The van der Waals surface area contributed by atoms with Crippen LogP contribution >= 0.6 is 0 Å². The average molecular weight is 295 g/mol. The first kappa shape index (κ1) is 15.7. The number of nitriles is 1. The first-order chi connectivity index (χ1) is 10.7. The van der Waals surface area contributed by atoms with Gasteiger partial charge in [0, 0.05) is 38.2 Å². The second kappa shape index (κ2) is 7.91. The van der Waals surface area contributed by atoms with Gasteiger partial charge in [-0.1, -0.05) is 0 Å². The zero-order valence-electron chi connectivity index (χ0n) is 12.4. The molecule has 0 atom stereocenters. The average Bonchev–Trinajstić information content (AvgIpc) is 2.59. The second-order valence-corrected chi connectivity index (χ2v) is 4.76. The fourth-order valence-corrected chi connectivity index (χ4v) is 2.03. The second-order valence-electron chi connectivity index (χ2n) is 4.76. The lowest BCUT2D eigenvalue weighted by molar-refractivity contribution is 0.0680. The van der Waals surface area contributed by atoms with E-state index in [0.29, 0.717) is 30.8 Å². The minimum atomic E-state index is -0.0849. The highest BCUT2D eigenvalue weighted by molar-refractivity contribution is 5.94. The molecule has 0 fully saturated rings. The minimum Gasteiger partial charge on any atom is -0.383 e. The van der Waals surface area contributed by atoms with Crippen molar-refractivity contribution < 1.29 is 9.53 Å². The fraction of sp³-hybridized carbons (Fsp3) is 0.235. The number of hydrogen-bond donors (Lipinski definition) is 0. The van der Waals surface area contributed by atoms with Crippen molar-refractivity contribution in [3.63, 3.8) is 0 Å². The standard InChI is InChI=1S/C17H17N3O2/c1-22-11-10-20(13-15-6-8-19-9-7-15)17(21)16-4-2-14(12-18)3-5-16/h2-9H,10-11,13H2,1H3. The molecule has 0 aliphatic rings. The molecular formula is C17H17N3O2. The quantitative estimate of drug-likeness (QED) is 0.819. The van der Waals surface area contributed by atoms with E-state index < -0.39 is 0 Å². The summed E-state index contributed by atoms with van der Waals surface area (Å²) in [5, 5.41) is 8.82. The number of pyridine rings is 1. The number of aromatic nitrogens is 1. The van der Waals surface area contributed by atoms with E-state index in [-0.39, 0.29) is 5.91 Å². The van der Waals surface area contributed by atoms with E-state index in [1.54, 1.807) is 48.7 Å². The molecule has 0 radical (unpaired) electrons. The number of amides is 1. The van der Waals surface area contributed by atoms with Gasteiger partial charge in [0.2, 0.25) is 0 Å². The van der Waals surface area contributed by atoms with Gasteiger partial charge < -0.3 is 9.64 Å². The molecule has 0 bridgehead atoms. The molecule has 1 aromatic heterocycles. The number of benzene rings is 1. The van der Waals surface area contributed by atoms with Gasteiger partial charge in [0.15, 0.2) is 0 Å². The topological polar surface area (TPSA) is 66.2 Å². The predicted octanol–water partition coefficient (Wildman–Crippen LogP) is 2.24. The van der Waals surface area contributed by atoms with Crippen molar-refractivity contribution in [2.24, 2.45) is 0 Å². The summed E-state index contributed by atoms with van der Waals surface area (Å²) in [7, 11) is 1.61. The summed E-state index contributed by atoms with van der Waals surface area (Å²) in [4.78, 5) is 18.3. The van der Waals surface area contributed by atoms with Gasteiger partial charge in [-0.2, -0.15) is 5.26 Å². The van der Waals surface area contributed by atoms with Crippen LogP contribution < -0.4 is 0 Å².